The molecule has 0 spiro atoms. The van der Waals surface area contributed by atoms with Crippen molar-refractivity contribution in [2.24, 2.45) is 10.7 Å². The zero-order valence-electron chi connectivity index (χ0n) is 13.3. The van der Waals surface area contributed by atoms with Crippen molar-refractivity contribution in [3.05, 3.63) is 35.4 Å². The van der Waals surface area contributed by atoms with Gasteiger partial charge in [-0.15, -0.1) is 0 Å². The van der Waals surface area contributed by atoms with Gasteiger partial charge in [-0.1, -0.05) is 31.4 Å². The number of nitrogens with one attached hydrogen (secondary N) is 2. The van der Waals surface area contributed by atoms with Gasteiger partial charge in [0.1, 0.15) is 0 Å². The molecule has 0 saturated heterocycles. The van der Waals surface area contributed by atoms with E-state index in [9.17, 15) is 4.79 Å². The van der Waals surface area contributed by atoms with Crippen molar-refractivity contribution in [1.29, 1.82) is 0 Å². The number of benzene rings is 1. The Bertz CT molecular complexity index is 521. The van der Waals surface area contributed by atoms with E-state index >= 15 is 0 Å². The number of guanidine groups is 1. The smallest absolute Gasteiger partial charge is 0.251 e. The van der Waals surface area contributed by atoms with Gasteiger partial charge in [0.25, 0.3) is 5.91 Å². The predicted molar refractivity (Wildman–Crippen MR) is 89.8 cm³/mol. The molecule has 0 aliphatic heterocycles. The Morgan fingerprint density at radius 1 is 1.32 bits per heavy atom. The standard InChI is InChI=1S/C17H26N4O/c1-2-19-16(22)14-8-6-7-13(11-14)12-20-17(18)21-15-9-4-3-5-10-15/h6-8,11,15H,2-5,9-10,12H2,1H3,(H,19,22)(H3,18,20,21). The van der Waals surface area contributed by atoms with Crippen LogP contribution in [-0.2, 0) is 6.54 Å². The molecule has 4 N–H and O–H groups in total. The molecular formula is C17H26N4O. The van der Waals surface area contributed by atoms with Gasteiger partial charge in [0, 0.05) is 18.2 Å². The van der Waals surface area contributed by atoms with E-state index in [0.29, 0.717) is 30.7 Å². The summed E-state index contributed by atoms with van der Waals surface area (Å²) in [5, 5.41) is 6.09. The van der Waals surface area contributed by atoms with Gasteiger partial charge in [-0.05, 0) is 37.5 Å². The number of amides is 1. The van der Waals surface area contributed by atoms with E-state index in [2.05, 4.69) is 15.6 Å². The molecule has 1 aliphatic rings. The second kappa shape index (κ2) is 8.41. The van der Waals surface area contributed by atoms with Crippen LogP contribution in [0.1, 0.15) is 54.9 Å². The lowest BCUT2D eigenvalue weighted by molar-refractivity contribution is 0.0955. The molecule has 0 atom stereocenters. The highest BCUT2D eigenvalue weighted by molar-refractivity contribution is 5.94. The van der Waals surface area contributed by atoms with Crippen molar-refractivity contribution < 1.29 is 4.79 Å². The average Bonchev–Trinajstić information content (AvgIpc) is 2.54. The Morgan fingerprint density at radius 3 is 2.82 bits per heavy atom. The Kier molecular flexibility index (Phi) is 6.25. The summed E-state index contributed by atoms with van der Waals surface area (Å²) >= 11 is 0. The third kappa shape index (κ3) is 5.06. The Morgan fingerprint density at radius 2 is 2.09 bits per heavy atom. The third-order valence-electron chi connectivity index (χ3n) is 3.92. The minimum atomic E-state index is -0.0540. The van der Waals surface area contributed by atoms with Crippen LogP contribution in [0.2, 0.25) is 0 Å². The van der Waals surface area contributed by atoms with Gasteiger partial charge in [0.15, 0.2) is 5.96 Å². The first-order chi connectivity index (χ1) is 10.7. The molecule has 0 heterocycles. The van der Waals surface area contributed by atoms with Crippen molar-refractivity contribution in [2.45, 2.75) is 51.6 Å². The SMILES string of the molecule is CCNC(=O)c1cccc(CN=C(N)NC2CCCCC2)c1. The van der Waals surface area contributed by atoms with Gasteiger partial charge in [-0.25, -0.2) is 4.99 Å². The van der Waals surface area contributed by atoms with Crippen LogP contribution in [0.5, 0.6) is 0 Å². The molecular weight excluding hydrogens is 276 g/mol. The van der Waals surface area contributed by atoms with E-state index in [1.807, 2.05) is 31.2 Å². The number of carbonyl (C=O) groups is 1. The zero-order valence-corrected chi connectivity index (χ0v) is 13.3. The van der Waals surface area contributed by atoms with Crippen LogP contribution in [0, 0.1) is 0 Å². The third-order valence-corrected chi connectivity index (χ3v) is 3.92. The summed E-state index contributed by atoms with van der Waals surface area (Å²) in [5.74, 6) is 0.442. The predicted octanol–water partition coefficient (Wildman–Crippen LogP) is 2.17. The number of aliphatic imine (C=N–C) groups is 1. The molecule has 0 aromatic heterocycles. The highest BCUT2D eigenvalue weighted by Gasteiger charge is 2.13. The van der Waals surface area contributed by atoms with Crippen LogP contribution >= 0.6 is 0 Å². The molecule has 0 radical (unpaired) electrons. The quantitative estimate of drug-likeness (QED) is 0.576. The number of hydrogen-bond acceptors (Lipinski definition) is 2. The molecule has 1 fully saturated rings. The molecule has 120 valence electrons. The van der Waals surface area contributed by atoms with Crippen molar-refractivity contribution >= 4 is 11.9 Å². The summed E-state index contributed by atoms with van der Waals surface area (Å²) in [6.07, 6.45) is 6.19. The molecule has 22 heavy (non-hydrogen) atoms. The van der Waals surface area contributed by atoms with Crippen LogP contribution in [0.15, 0.2) is 29.3 Å². The van der Waals surface area contributed by atoms with E-state index < -0.39 is 0 Å². The number of rotatable bonds is 5. The number of carbonyl (C=O) groups excluding carboxylic acids is 1. The fourth-order valence-electron chi connectivity index (χ4n) is 2.75. The maximum absolute atomic E-state index is 11.8. The summed E-state index contributed by atoms with van der Waals surface area (Å²) < 4.78 is 0. The van der Waals surface area contributed by atoms with E-state index in [-0.39, 0.29) is 5.91 Å². The van der Waals surface area contributed by atoms with Gasteiger partial charge < -0.3 is 16.4 Å². The second-order valence-electron chi connectivity index (χ2n) is 5.74. The number of nitrogens with two attached hydrogens (primary N) is 1. The Balaban J connectivity index is 1.90. The molecule has 1 amide bonds. The van der Waals surface area contributed by atoms with E-state index in [4.69, 9.17) is 5.73 Å². The summed E-state index contributed by atoms with van der Waals surface area (Å²) in [4.78, 5) is 16.2. The summed E-state index contributed by atoms with van der Waals surface area (Å²) in [7, 11) is 0. The molecule has 2 rings (SSSR count). The van der Waals surface area contributed by atoms with E-state index in [1.165, 1.54) is 32.1 Å². The molecule has 5 heteroatoms. The average molecular weight is 302 g/mol. The lowest BCUT2D eigenvalue weighted by Crippen LogP contribution is -2.41. The van der Waals surface area contributed by atoms with Crippen molar-refractivity contribution in [1.82, 2.24) is 10.6 Å². The van der Waals surface area contributed by atoms with Crippen LogP contribution in [0.4, 0.5) is 0 Å². The first kappa shape index (κ1) is 16.3. The summed E-state index contributed by atoms with van der Waals surface area (Å²) in [6, 6.07) is 7.96. The fraction of sp³-hybridized carbons (Fsp3) is 0.529. The minimum absolute atomic E-state index is 0.0540. The molecule has 1 saturated carbocycles. The summed E-state index contributed by atoms with van der Waals surface area (Å²) in [6.45, 7) is 3.02. The van der Waals surface area contributed by atoms with Crippen molar-refractivity contribution in [2.75, 3.05) is 6.54 Å². The summed E-state index contributed by atoms with van der Waals surface area (Å²) in [5.41, 5.74) is 7.60. The van der Waals surface area contributed by atoms with Crippen LogP contribution < -0.4 is 16.4 Å². The molecule has 0 bridgehead atoms. The van der Waals surface area contributed by atoms with Crippen molar-refractivity contribution in [3.63, 3.8) is 0 Å². The van der Waals surface area contributed by atoms with Gasteiger partial charge in [0.2, 0.25) is 0 Å². The van der Waals surface area contributed by atoms with Gasteiger partial charge in [-0.2, -0.15) is 0 Å². The van der Waals surface area contributed by atoms with E-state index in [1.54, 1.807) is 0 Å². The maximum Gasteiger partial charge on any atom is 0.251 e. The normalized spacial score (nSPS) is 16.3. The topological polar surface area (TPSA) is 79.5 Å². The lowest BCUT2D eigenvalue weighted by atomic mass is 9.96. The molecule has 1 aromatic carbocycles. The first-order valence-corrected chi connectivity index (χ1v) is 8.12. The van der Waals surface area contributed by atoms with Crippen LogP contribution in [0.3, 0.4) is 0 Å². The maximum atomic E-state index is 11.8. The Hall–Kier alpha value is -2.04. The molecule has 1 aromatic rings. The van der Waals surface area contributed by atoms with Crippen LogP contribution in [-0.4, -0.2) is 24.5 Å². The van der Waals surface area contributed by atoms with Gasteiger partial charge in [-0.3, -0.25) is 4.79 Å². The second-order valence-corrected chi connectivity index (χ2v) is 5.74. The van der Waals surface area contributed by atoms with Crippen LogP contribution in [0.25, 0.3) is 0 Å². The number of hydrogen-bond donors (Lipinski definition) is 3. The highest BCUT2D eigenvalue weighted by Crippen LogP contribution is 2.17. The van der Waals surface area contributed by atoms with Gasteiger partial charge >= 0.3 is 0 Å². The fourth-order valence-corrected chi connectivity index (χ4v) is 2.75. The minimum Gasteiger partial charge on any atom is -0.370 e. The van der Waals surface area contributed by atoms with Crippen molar-refractivity contribution in [3.8, 4) is 0 Å². The monoisotopic (exact) mass is 302 g/mol. The van der Waals surface area contributed by atoms with E-state index in [0.717, 1.165) is 5.56 Å². The molecule has 0 unspecified atom stereocenters. The zero-order chi connectivity index (χ0) is 15.8. The van der Waals surface area contributed by atoms with Gasteiger partial charge in [0.05, 0.1) is 6.54 Å². The largest absolute Gasteiger partial charge is 0.370 e. The lowest BCUT2D eigenvalue weighted by Gasteiger charge is -2.23. The Labute approximate surface area is 132 Å². The first-order valence-electron chi connectivity index (χ1n) is 8.12. The molecule has 5 nitrogen and oxygen atoms in total. The molecule has 1 aliphatic carbocycles. The number of nitrogens with zero attached hydrogens (tertiary/aromatic N) is 1. The highest BCUT2D eigenvalue weighted by atomic mass is 16.1.